The van der Waals surface area contributed by atoms with Crippen LogP contribution < -0.4 is 4.74 Å². The third-order valence-electron chi connectivity index (χ3n) is 11.7. The molecule has 0 radical (unpaired) electrons. The Balaban J connectivity index is 1.16. The molecule has 11 rings (SSSR count). The molecule has 0 unspecified atom stereocenters. The van der Waals surface area contributed by atoms with Crippen LogP contribution in [0.4, 0.5) is 0 Å². The molecule has 0 amide bonds. The molecule has 7 aromatic carbocycles. The number of fused-ring (bicyclic) bond motifs is 11. The number of nitrogens with zero attached hydrogens (tertiary/aromatic N) is 4. The summed E-state index contributed by atoms with van der Waals surface area (Å²) in [5, 5.41) is 5.66. The second-order valence-corrected chi connectivity index (χ2v) is 15.2. The molecule has 0 saturated carbocycles. The zero-order valence-corrected chi connectivity index (χ0v) is 32.2. The van der Waals surface area contributed by atoms with Gasteiger partial charge in [0, 0.05) is 33.8 Å². The Hall–Kier alpha value is -7.24. The Bertz CT molecular complexity index is 3390. The highest BCUT2D eigenvalue weighted by Crippen LogP contribution is 2.44. The van der Waals surface area contributed by atoms with Gasteiger partial charge in [0.2, 0.25) is 0 Å². The molecular weight excluding hydrogens is 697 g/mol. The van der Waals surface area contributed by atoms with Gasteiger partial charge in [-0.25, -0.2) is 9.97 Å². The standard InChI is InChI=1S/C52H38N4O/c1-31-13-11-14-32(2)50(31)41-29-40-37-24-22-35(57-36-23-25-39-38-17-5-7-19-45(38)55(47(39)28-36)49-21-9-10-26-53-49)27-43(37)52-54-44-18-6-8-20-46(44)56(52)48(40)30-42(41)51-33(3)15-12-16-34(51)4/h5-30H,1-4H3. The van der Waals surface area contributed by atoms with Gasteiger partial charge >= 0.3 is 0 Å². The van der Waals surface area contributed by atoms with Gasteiger partial charge in [0.25, 0.3) is 0 Å². The number of aryl methyl sites for hydroxylation is 4. The van der Waals surface area contributed by atoms with Crippen molar-refractivity contribution < 1.29 is 4.74 Å². The van der Waals surface area contributed by atoms with Crippen LogP contribution in [0.5, 0.6) is 11.5 Å². The Morgan fingerprint density at radius 1 is 0.439 bits per heavy atom. The smallest absolute Gasteiger partial charge is 0.146 e. The number of para-hydroxylation sites is 3. The molecule has 4 aromatic heterocycles. The number of hydrogen-bond acceptors (Lipinski definition) is 3. The molecule has 0 spiro atoms. The highest BCUT2D eigenvalue weighted by Gasteiger charge is 2.22. The van der Waals surface area contributed by atoms with Gasteiger partial charge in [0.05, 0.1) is 27.6 Å². The Morgan fingerprint density at radius 3 is 1.77 bits per heavy atom. The van der Waals surface area contributed by atoms with Gasteiger partial charge in [0.15, 0.2) is 0 Å². The summed E-state index contributed by atoms with van der Waals surface area (Å²) in [7, 11) is 0. The summed E-state index contributed by atoms with van der Waals surface area (Å²) >= 11 is 0. The zero-order valence-electron chi connectivity index (χ0n) is 32.2. The highest BCUT2D eigenvalue weighted by atomic mass is 16.5. The number of pyridine rings is 2. The van der Waals surface area contributed by atoms with E-state index in [1.807, 2.05) is 24.4 Å². The van der Waals surface area contributed by atoms with E-state index in [4.69, 9.17) is 14.7 Å². The van der Waals surface area contributed by atoms with E-state index in [2.05, 4.69) is 170 Å². The molecule has 57 heavy (non-hydrogen) atoms. The lowest BCUT2D eigenvalue weighted by Crippen LogP contribution is -1.98. The fraction of sp³-hybridized carbons (Fsp3) is 0.0769. The predicted molar refractivity (Wildman–Crippen MR) is 236 cm³/mol. The summed E-state index contributed by atoms with van der Waals surface area (Å²) < 4.78 is 11.3. The van der Waals surface area contributed by atoms with E-state index >= 15 is 0 Å². The average Bonchev–Trinajstić information content (AvgIpc) is 3.78. The lowest BCUT2D eigenvalue weighted by Gasteiger charge is -2.21. The maximum atomic E-state index is 6.77. The summed E-state index contributed by atoms with van der Waals surface area (Å²) in [4.78, 5) is 10.0. The minimum Gasteiger partial charge on any atom is -0.457 e. The molecular formula is C52H38N4O. The van der Waals surface area contributed by atoms with Crippen LogP contribution in [0.25, 0.3) is 88.2 Å². The van der Waals surface area contributed by atoms with Crippen LogP contribution in [0.1, 0.15) is 22.3 Å². The van der Waals surface area contributed by atoms with Crippen molar-refractivity contribution in [3.05, 3.63) is 180 Å². The average molecular weight is 735 g/mol. The van der Waals surface area contributed by atoms with Crippen LogP contribution >= 0.6 is 0 Å². The van der Waals surface area contributed by atoms with Gasteiger partial charge in [0.1, 0.15) is 23.0 Å². The number of rotatable bonds is 5. The number of hydrogen-bond donors (Lipinski definition) is 0. The molecule has 4 heterocycles. The largest absolute Gasteiger partial charge is 0.457 e. The Kier molecular flexibility index (Phi) is 7.35. The zero-order chi connectivity index (χ0) is 38.4. The van der Waals surface area contributed by atoms with Crippen molar-refractivity contribution in [2.75, 3.05) is 0 Å². The van der Waals surface area contributed by atoms with E-state index in [-0.39, 0.29) is 0 Å². The second kappa shape index (κ2) is 12.7. The van der Waals surface area contributed by atoms with E-state index in [1.54, 1.807) is 0 Å². The molecule has 0 aliphatic carbocycles. The van der Waals surface area contributed by atoms with Crippen molar-refractivity contribution in [1.82, 2.24) is 18.9 Å². The predicted octanol–water partition coefficient (Wildman–Crippen LogP) is 13.6. The van der Waals surface area contributed by atoms with Crippen molar-refractivity contribution >= 4 is 60.2 Å². The van der Waals surface area contributed by atoms with E-state index in [0.717, 1.165) is 66.7 Å². The van der Waals surface area contributed by atoms with Gasteiger partial charge in [-0.1, -0.05) is 72.8 Å². The molecule has 11 aromatic rings. The molecule has 272 valence electrons. The van der Waals surface area contributed by atoms with Crippen LogP contribution in [0.15, 0.2) is 158 Å². The molecule has 0 aliphatic heterocycles. The molecule has 0 N–H and O–H groups in total. The van der Waals surface area contributed by atoms with Gasteiger partial charge < -0.3 is 4.74 Å². The van der Waals surface area contributed by atoms with Crippen molar-refractivity contribution in [1.29, 1.82) is 0 Å². The first-order valence-electron chi connectivity index (χ1n) is 19.5. The summed E-state index contributed by atoms with van der Waals surface area (Å²) in [5.41, 5.74) is 16.3. The van der Waals surface area contributed by atoms with Gasteiger partial charge in [-0.2, -0.15) is 0 Å². The molecule has 5 heteroatoms. The van der Waals surface area contributed by atoms with Crippen molar-refractivity contribution in [3.63, 3.8) is 0 Å². The van der Waals surface area contributed by atoms with Gasteiger partial charge in [-0.3, -0.25) is 8.97 Å². The maximum absolute atomic E-state index is 6.77. The normalized spacial score (nSPS) is 11.9. The van der Waals surface area contributed by atoms with Crippen LogP contribution in [-0.2, 0) is 0 Å². The monoisotopic (exact) mass is 734 g/mol. The van der Waals surface area contributed by atoms with Crippen molar-refractivity contribution in [2.24, 2.45) is 0 Å². The first-order chi connectivity index (χ1) is 27.9. The minimum absolute atomic E-state index is 0.748. The Labute approximate surface area is 330 Å². The molecule has 0 aliphatic rings. The lowest BCUT2D eigenvalue weighted by molar-refractivity contribution is 0.484. The molecule has 5 nitrogen and oxygen atoms in total. The third kappa shape index (κ3) is 5.09. The summed E-state index contributed by atoms with van der Waals surface area (Å²) in [5.74, 6) is 2.37. The first-order valence-corrected chi connectivity index (χ1v) is 19.5. The fourth-order valence-electron chi connectivity index (χ4n) is 9.22. The minimum atomic E-state index is 0.748. The number of aromatic nitrogens is 4. The topological polar surface area (TPSA) is 44.3 Å². The van der Waals surface area contributed by atoms with Gasteiger partial charge in [-0.05, 0) is 150 Å². The lowest BCUT2D eigenvalue weighted by atomic mass is 9.85. The van der Waals surface area contributed by atoms with E-state index in [1.165, 1.54) is 55.3 Å². The maximum Gasteiger partial charge on any atom is 0.146 e. The van der Waals surface area contributed by atoms with Gasteiger partial charge in [-0.15, -0.1) is 0 Å². The second-order valence-electron chi connectivity index (χ2n) is 15.2. The third-order valence-corrected chi connectivity index (χ3v) is 11.7. The summed E-state index contributed by atoms with van der Waals surface area (Å²) in [6.45, 7) is 8.90. The van der Waals surface area contributed by atoms with Crippen molar-refractivity contribution in [2.45, 2.75) is 27.7 Å². The van der Waals surface area contributed by atoms with Crippen LogP contribution in [0.3, 0.4) is 0 Å². The van der Waals surface area contributed by atoms with E-state index in [9.17, 15) is 0 Å². The summed E-state index contributed by atoms with van der Waals surface area (Å²) in [6, 6.07) is 53.8. The summed E-state index contributed by atoms with van der Waals surface area (Å²) in [6.07, 6.45) is 1.84. The molecule has 0 atom stereocenters. The van der Waals surface area contributed by atoms with Crippen LogP contribution in [-0.4, -0.2) is 18.9 Å². The highest BCUT2D eigenvalue weighted by molar-refractivity contribution is 6.16. The van der Waals surface area contributed by atoms with Crippen molar-refractivity contribution in [3.8, 4) is 39.6 Å². The number of ether oxygens (including phenoxy) is 1. The fourth-order valence-corrected chi connectivity index (χ4v) is 9.22. The van der Waals surface area contributed by atoms with E-state index in [0.29, 0.717) is 0 Å². The molecule has 0 fully saturated rings. The first kappa shape index (κ1) is 33.1. The number of imidazole rings is 1. The van der Waals surface area contributed by atoms with Crippen LogP contribution in [0.2, 0.25) is 0 Å². The SMILES string of the molecule is Cc1cccc(C)c1-c1cc2c3ccc(Oc4ccc5c6ccccc6n(-c6ccccn6)c5c4)cc3c3nc4ccccc4n3c2cc1-c1c(C)cccc1C. The molecule has 0 saturated heterocycles. The van der Waals surface area contributed by atoms with E-state index < -0.39 is 0 Å². The van der Waals surface area contributed by atoms with Crippen LogP contribution in [0, 0.1) is 27.7 Å². The number of benzene rings is 7. The Morgan fingerprint density at radius 2 is 1.05 bits per heavy atom. The molecule has 0 bridgehead atoms. The quantitative estimate of drug-likeness (QED) is 0.165.